The van der Waals surface area contributed by atoms with E-state index in [1.165, 1.54) is 18.2 Å². The Kier molecular flexibility index (Phi) is 4.55. The summed E-state index contributed by atoms with van der Waals surface area (Å²) in [6.45, 7) is 3.79. The zero-order valence-corrected chi connectivity index (χ0v) is 12.5. The summed E-state index contributed by atoms with van der Waals surface area (Å²) in [5, 5.41) is 13.6. The molecule has 0 radical (unpaired) electrons. The van der Waals surface area contributed by atoms with Crippen LogP contribution in [0.3, 0.4) is 0 Å². The molecule has 0 fully saturated rings. The topological polar surface area (TPSA) is 66.4 Å². The Morgan fingerprint density at radius 3 is 2.57 bits per heavy atom. The Labute approximate surface area is 126 Å². The maximum absolute atomic E-state index is 11.9. The van der Waals surface area contributed by atoms with Gasteiger partial charge in [-0.15, -0.1) is 11.3 Å². The van der Waals surface area contributed by atoms with E-state index >= 15 is 0 Å². The van der Waals surface area contributed by atoms with Crippen LogP contribution in [0.1, 0.15) is 26.4 Å². The first kappa shape index (κ1) is 15.0. The molecule has 1 aromatic carbocycles. The largest absolute Gasteiger partial charge is 0.478 e. The van der Waals surface area contributed by atoms with Gasteiger partial charge < -0.3 is 10.4 Å². The molecule has 0 saturated carbocycles. The lowest BCUT2D eigenvalue weighted by atomic mass is 10.1. The molecule has 0 spiro atoms. The van der Waals surface area contributed by atoms with E-state index in [1.54, 1.807) is 23.5 Å². The molecule has 0 aliphatic heterocycles. The first-order chi connectivity index (χ1) is 9.97. The number of benzene rings is 1. The molecule has 0 aliphatic rings. The van der Waals surface area contributed by atoms with Crippen LogP contribution in [0.15, 0.2) is 35.7 Å². The molecule has 0 saturated heterocycles. The van der Waals surface area contributed by atoms with Crippen LogP contribution in [0.5, 0.6) is 0 Å². The molecular weight excluding hydrogens is 286 g/mol. The van der Waals surface area contributed by atoms with Crippen molar-refractivity contribution in [1.82, 2.24) is 0 Å². The molecule has 0 atom stereocenters. The lowest BCUT2D eigenvalue weighted by molar-refractivity contribution is -0.111. The van der Waals surface area contributed by atoms with Gasteiger partial charge in [0.1, 0.15) is 0 Å². The Hall–Kier alpha value is -2.40. The number of thiophene rings is 1. The zero-order chi connectivity index (χ0) is 15.4. The van der Waals surface area contributed by atoms with Crippen molar-refractivity contribution in [2.24, 2.45) is 0 Å². The van der Waals surface area contributed by atoms with Gasteiger partial charge in [0, 0.05) is 16.6 Å². The number of hydrogen-bond donors (Lipinski definition) is 2. The average molecular weight is 301 g/mol. The summed E-state index contributed by atoms with van der Waals surface area (Å²) < 4.78 is 0. The van der Waals surface area contributed by atoms with Crippen molar-refractivity contribution in [2.75, 3.05) is 5.32 Å². The molecule has 1 aromatic heterocycles. The Balaban J connectivity index is 2.13. The number of amides is 1. The molecule has 1 heterocycles. The Morgan fingerprint density at radius 2 is 1.95 bits per heavy atom. The number of aromatic carboxylic acids is 1. The first-order valence-corrected chi connectivity index (χ1v) is 7.22. The second kappa shape index (κ2) is 6.37. The molecule has 5 heteroatoms. The number of anilines is 1. The van der Waals surface area contributed by atoms with Crippen LogP contribution in [0.4, 0.5) is 5.69 Å². The van der Waals surface area contributed by atoms with Gasteiger partial charge in [-0.05, 0) is 54.6 Å². The lowest BCUT2D eigenvalue weighted by Gasteiger charge is -2.07. The normalized spacial score (nSPS) is 10.8. The van der Waals surface area contributed by atoms with Crippen LogP contribution in [-0.4, -0.2) is 17.0 Å². The minimum Gasteiger partial charge on any atom is -0.478 e. The number of aryl methyl sites for hydroxylation is 2. The lowest BCUT2D eigenvalue weighted by Crippen LogP contribution is -2.10. The van der Waals surface area contributed by atoms with Crippen LogP contribution >= 0.6 is 11.3 Å². The summed E-state index contributed by atoms with van der Waals surface area (Å²) in [6, 6.07) is 6.63. The van der Waals surface area contributed by atoms with Crippen molar-refractivity contribution in [3.63, 3.8) is 0 Å². The fourth-order valence-corrected chi connectivity index (χ4v) is 2.59. The van der Waals surface area contributed by atoms with Crippen molar-refractivity contribution in [3.05, 3.63) is 57.3 Å². The third-order valence-electron chi connectivity index (χ3n) is 3.03. The molecular formula is C16H15NO3S. The van der Waals surface area contributed by atoms with E-state index in [1.807, 2.05) is 25.3 Å². The second-order valence-corrected chi connectivity index (χ2v) is 5.57. The number of nitrogens with one attached hydrogen (secondary N) is 1. The van der Waals surface area contributed by atoms with E-state index in [0.29, 0.717) is 5.69 Å². The Morgan fingerprint density at radius 1 is 1.19 bits per heavy atom. The fraction of sp³-hybridized carbons (Fsp3) is 0.125. The molecule has 21 heavy (non-hydrogen) atoms. The molecule has 0 unspecified atom stereocenters. The summed E-state index contributed by atoms with van der Waals surface area (Å²) in [5.74, 6) is -1.30. The molecule has 108 valence electrons. The summed E-state index contributed by atoms with van der Waals surface area (Å²) >= 11 is 1.56. The quantitative estimate of drug-likeness (QED) is 0.846. The predicted octanol–water partition coefficient (Wildman–Crippen LogP) is 3.72. The minimum absolute atomic E-state index is 0.147. The number of carboxylic acids is 1. The maximum atomic E-state index is 11.9. The number of carbonyl (C=O) groups excluding carboxylic acids is 1. The van der Waals surface area contributed by atoms with Gasteiger partial charge in [0.25, 0.3) is 0 Å². The van der Waals surface area contributed by atoms with Crippen molar-refractivity contribution in [1.29, 1.82) is 0 Å². The van der Waals surface area contributed by atoms with E-state index in [9.17, 15) is 9.59 Å². The molecule has 2 aromatic rings. The molecule has 0 bridgehead atoms. The second-order valence-electron chi connectivity index (χ2n) is 4.63. The molecule has 0 aliphatic carbocycles. The van der Waals surface area contributed by atoms with Gasteiger partial charge in [-0.1, -0.05) is 6.07 Å². The van der Waals surface area contributed by atoms with Crippen LogP contribution in [0.25, 0.3) is 6.08 Å². The van der Waals surface area contributed by atoms with Crippen molar-refractivity contribution < 1.29 is 14.7 Å². The smallest absolute Gasteiger partial charge is 0.335 e. The molecule has 2 rings (SSSR count). The summed E-state index contributed by atoms with van der Waals surface area (Å²) in [5.41, 5.74) is 2.59. The van der Waals surface area contributed by atoms with Crippen molar-refractivity contribution >= 4 is 35.0 Å². The fourth-order valence-electron chi connectivity index (χ4n) is 1.77. The van der Waals surface area contributed by atoms with E-state index in [2.05, 4.69) is 5.32 Å². The number of hydrogen-bond acceptors (Lipinski definition) is 3. The van der Waals surface area contributed by atoms with Gasteiger partial charge in [0.05, 0.1) is 5.56 Å². The van der Waals surface area contributed by atoms with E-state index in [-0.39, 0.29) is 11.5 Å². The van der Waals surface area contributed by atoms with Gasteiger partial charge in [0.15, 0.2) is 0 Å². The minimum atomic E-state index is -1.02. The summed E-state index contributed by atoms with van der Waals surface area (Å²) in [4.78, 5) is 23.9. The summed E-state index contributed by atoms with van der Waals surface area (Å²) in [7, 11) is 0. The van der Waals surface area contributed by atoms with Gasteiger partial charge >= 0.3 is 5.97 Å². The van der Waals surface area contributed by atoms with E-state index < -0.39 is 5.97 Å². The molecule has 2 N–H and O–H groups in total. The van der Waals surface area contributed by atoms with Crippen molar-refractivity contribution in [2.45, 2.75) is 13.8 Å². The number of carboxylic acid groups (broad SMARTS) is 1. The highest BCUT2D eigenvalue weighted by Gasteiger charge is 2.07. The van der Waals surface area contributed by atoms with Gasteiger partial charge in [-0.2, -0.15) is 0 Å². The van der Waals surface area contributed by atoms with Crippen LogP contribution < -0.4 is 5.32 Å². The molecule has 1 amide bonds. The standard InChI is InChI=1S/C16H15NO3S/c1-10-3-4-12(16(19)20)9-13(10)17-15(18)6-5-14-11(2)7-8-21-14/h3-9H,1-2H3,(H,17,18)(H,19,20)/b6-5+. The van der Waals surface area contributed by atoms with Crippen LogP contribution in [-0.2, 0) is 4.79 Å². The monoisotopic (exact) mass is 301 g/mol. The van der Waals surface area contributed by atoms with Crippen molar-refractivity contribution in [3.8, 4) is 0 Å². The van der Waals surface area contributed by atoms with Gasteiger partial charge in [0.2, 0.25) is 5.91 Å². The SMILES string of the molecule is Cc1ccc(C(=O)O)cc1NC(=O)/C=C/c1sccc1C. The maximum Gasteiger partial charge on any atom is 0.335 e. The van der Waals surface area contributed by atoms with E-state index in [0.717, 1.165) is 16.0 Å². The Bertz CT molecular complexity index is 716. The number of carbonyl (C=O) groups is 2. The zero-order valence-electron chi connectivity index (χ0n) is 11.7. The average Bonchev–Trinajstić information content (AvgIpc) is 2.84. The highest BCUT2D eigenvalue weighted by Crippen LogP contribution is 2.19. The van der Waals surface area contributed by atoms with Crippen LogP contribution in [0.2, 0.25) is 0 Å². The highest BCUT2D eigenvalue weighted by atomic mass is 32.1. The third kappa shape index (κ3) is 3.79. The predicted molar refractivity (Wildman–Crippen MR) is 84.9 cm³/mol. The highest BCUT2D eigenvalue weighted by molar-refractivity contribution is 7.11. The van der Waals surface area contributed by atoms with E-state index in [4.69, 9.17) is 5.11 Å². The third-order valence-corrected chi connectivity index (χ3v) is 4.01. The number of rotatable bonds is 4. The summed E-state index contributed by atoms with van der Waals surface area (Å²) in [6.07, 6.45) is 3.21. The van der Waals surface area contributed by atoms with Gasteiger partial charge in [-0.3, -0.25) is 4.79 Å². The first-order valence-electron chi connectivity index (χ1n) is 6.34. The molecule has 4 nitrogen and oxygen atoms in total. The van der Waals surface area contributed by atoms with Crippen LogP contribution in [0, 0.1) is 13.8 Å². The van der Waals surface area contributed by atoms with Gasteiger partial charge in [-0.25, -0.2) is 4.79 Å².